The first-order valence-electron chi connectivity index (χ1n) is 12.5. The van der Waals surface area contributed by atoms with Crippen LogP contribution < -0.4 is 16.4 Å². The molecule has 38 heavy (non-hydrogen) atoms. The van der Waals surface area contributed by atoms with Crippen molar-refractivity contribution in [2.45, 2.75) is 52.0 Å². The van der Waals surface area contributed by atoms with Crippen molar-refractivity contribution < 1.29 is 4.79 Å². The fourth-order valence-corrected chi connectivity index (χ4v) is 5.64. The van der Waals surface area contributed by atoms with E-state index in [9.17, 15) is 4.79 Å². The number of nitrogens with two attached hydrogens (primary N) is 1. The van der Waals surface area contributed by atoms with Gasteiger partial charge in [-0.15, -0.1) is 16.9 Å². The molecule has 4 N–H and O–H groups in total. The van der Waals surface area contributed by atoms with Crippen molar-refractivity contribution >= 4 is 52.0 Å². The van der Waals surface area contributed by atoms with E-state index in [4.69, 9.17) is 10.7 Å². The molecule has 4 heterocycles. The van der Waals surface area contributed by atoms with E-state index >= 15 is 0 Å². The molecule has 0 bridgehead atoms. The molecular weight excluding hydrogens is 509 g/mol. The number of anilines is 1. The third-order valence-corrected chi connectivity index (χ3v) is 7.77. The van der Waals surface area contributed by atoms with Crippen LogP contribution >= 0.6 is 11.3 Å². The zero-order chi connectivity index (χ0) is 27.2. The van der Waals surface area contributed by atoms with Gasteiger partial charge in [0.1, 0.15) is 18.6 Å². The summed E-state index contributed by atoms with van der Waals surface area (Å²) in [6.07, 6.45) is 0. The molecule has 0 spiro atoms. The Balaban J connectivity index is 1.65. The molecule has 192 valence electrons. The maximum atomic E-state index is 12.8. The minimum atomic E-state index is -1.61. The third-order valence-electron chi connectivity index (χ3n) is 5.74. The lowest BCUT2D eigenvalue weighted by Gasteiger charge is -2.10. The summed E-state index contributed by atoms with van der Waals surface area (Å²) in [6, 6.07) is 9.93. The molecular formula is C29H30N6OSSi. The third kappa shape index (κ3) is 5.56. The van der Waals surface area contributed by atoms with Crippen molar-refractivity contribution in [1.29, 1.82) is 0 Å². The van der Waals surface area contributed by atoms with Gasteiger partial charge in [0.15, 0.2) is 0 Å². The first-order valence-corrected chi connectivity index (χ1v) is 16.8. The Hall–Kier alpha value is -3.76. The molecule has 0 radical (unpaired) electrons. The number of fused-ring (bicyclic) bond motifs is 5. The number of nitrogens with one attached hydrogen (secondary N) is 2. The van der Waals surface area contributed by atoms with Crippen LogP contribution in [0, 0.1) is 23.3 Å². The van der Waals surface area contributed by atoms with Crippen LogP contribution in [0.3, 0.4) is 0 Å². The van der Waals surface area contributed by atoms with Gasteiger partial charge in [0.25, 0.3) is 5.91 Å². The normalized spacial score (nSPS) is 15.4. The number of aromatic nitrogens is 3. The minimum absolute atomic E-state index is 0.0429. The largest absolute Gasteiger partial charge is 0.381 e. The summed E-state index contributed by atoms with van der Waals surface area (Å²) >= 11 is 1.50. The first kappa shape index (κ1) is 25.9. The Bertz CT molecular complexity index is 1670. The summed E-state index contributed by atoms with van der Waals surface area (Å²) in [4.78, 5) is 27.7. The Kier molecular flexibility index (Phi) is 6.48. The van der Waals surface area contributed by atoms with E-state index in [1.54, 1.807) is 0 Å². The molecule has 1 amide bonds. The fourth-order valence-electron chi connectivity index (χ4n) is 4.04. The molecule has 1 aliphatic rings. The molecule has 0 aliphatic carbocycles. The number of benzene rings is 1. The van der Waals surface area contributed by atoms with Crippen molar-refractivity contribution in [1.82, 2.24) is 20.3 Å². The number of carbonyl (C=O) groups is 1. The van der Waals surface area contributed by atoms with Gasteiger partial charge in [0.2, 0.25) is 5.82 Å². The average Bonchev–Trinajstić information content (AvgIpc) is 3.16. The van der Waals surface area contributed by atoms with Crippen molar-refractivity contribution in [3.8, 4) is 34.7 Å². The van der Waals surface area contributed by atoms with E-state index in [-0.39, 0.29) is 11.9 Å². The lowest BCUT2D eigenvalue weighted by molar-refractivity contribution is 0.0949. The molecule has 0 saturated heterocycles. The van der Waals surface area contributed by atoms with Gasteiger partial charge in [-0.3, -0.25) is 4.79 Å². The predicted molar refractivity (Wildman–Crippen MR) is 159 cm³/mol. The second-order valence-corrected chi connectivity index (χ2v) is 17.0. The van der Waals surface area contributed by atoms with Crippen LogP contribution in [0.4, 0.5) is 5.69 Å². The SMILES string of the molecule is C[C@@H]1CNc2c(sc3ccc4nc(-c5cc(C#C[Si](C)(C)C)nc(C#CC(C)(C)N)n5)ccc4c23)C(=O)N1. The number of hydrogen-bond donors (Lipinski definition) is 3. The Morgan fingerprint density at radius 1 is 1.08 bits per heavy atom. The first-order chi connectivity index (χ1) is 17.9. The van der Waals surface area contributed by atoms with Gasteiger partial charge in [-0.2, -0.15) is 0 Å². The number of amides is 1. The zero-order valence-electron chi connectivity index (χ0n) is 22.4. The van der Waals surface area contributed by atoms with Gasteiger partial charge in [-0.25, -0.2) is 15.0 Å². The second kappa shape index (κ2) is 9.52. The second-order valence-electron chi connectivity index (χ2n) is 11.2. The van der Waals surface area contributed by atoms with Gasteiger partial charge in [-0.05, 0) is 51.0 Å². The van der Waals surface area contributed by atoms with E-state index in [1.807, 2.05) is 51.1 Å². The summed E-state index contributed by atoms with van der Waals surface area (Å²) < 4.78 is 1.04. The van der Waals surface area contributed by atoms with Crippen LogP contribution in [-0.4, -0.2) is 47.1 Å². The minimum Gasteiger partial charge on any atom is -0.381 e. The number of pyridine rings is 1. The highest BCUT2D eigenvalue weighted by Gasteiger charge is 2.25. The Labute approximate surface area is 227 Å². The maximum Gasteiger partial charge on any atom is 0.263 e. The summed E-state index contributed by atoms with van der Waals surface area (Å²) in [5, 5.41) is 8.52. The van der Waals surface area contributed by atoms with Gasteiger partial charge in [0.05, 0.1) is 28.1 Å². The average molecular weight is 539 g/mol. The Morgan fingerprint density at radius 3 is 2.61 bits per heavy atom. The highest BCUT2D eigenvalue weighted by molar-refractivity contribution is 7.21. The van der Waals surface area contributed by atoms with E-state index in [1.165, 1.54) is 11.3 Å². The zero-order valence-corrected chi connectivity index (χ0v) is 24.2. The van der Waals surface area contributed by atoms with Crippen LogP contribution in [0.5, 0.6) is 0 Å². The molecule has 0 saturated carbocycles. The number of carbonyl (C=O) groups excluding carboxylic acids is 1. The molecule has 1 aromatic carbocycles. The monoisotopic (exact) mass is 538 g/mol. The standard InChI is InChI=1S/C29H30N6OSSi/c1-17-16-31-26-25-19-7-8-21(34-20(19)9-10-23(25)37-27(26)28(36)32-17)22-15-18(12-14-38(4,5)6)33-24(35-22)11-13-29(2,3)30/h7-10,15,17,31H,16,30H2,1-6H3,(H,32,36)/t17-/m1/s1. The van der Waals surface area contributed by atoms with E-state index in [0.29, 0.717) is 34.3 Å². The number of thiophene rings is 1. The molecule has 1 atom stereocenters. The Morgan fingerprint density at radius 2 is 1.87 bits per heavy atom. The van der Waals surface area contributed by atoms with Crippen molar-refractivity contribution in [2.75, 3.05) is 11.9 Å². The van der Waals surface area contributed by atoms with Crippen LogP contribution in [0.2, 0.25) is 19.6 Å². The lowest BCUT2D eigenvalue weighted by atomic mass is 10.1. The molecule has 3 aromatic heterocycles. The topological polar surface area (TPSA) is 106 Å². The van der Waals surface area contributed by atoms with Gasteiger partial charge < -0.3 is 16.4 Å². The molecule has 9 heteroatoms. The molecule has 0 fully saturated rings. The number of rotatable bonds is 1. The molecule has 0 unspecified atom stereocenters. The smallest absolute Gasteiger partial charge is 0.263 e. The van der Waals surface area contributed by atoms with Gasteiger partial charge in [-0.1, -0.05) is 31.5 Å². The van der Waals surface area contributed by atoms with E-state index in [0.717, 1.165) is 26.7 Å². The summed E-state index contributed by atoms with van der Waals surface area (Å²) in [5.74, 6) is 9.57. The quantitative estimate of drug-likeness (QED) is 0.238. The van der Waals surface area contributed by atoms with Crippen LogP contribution in [0.25, 0.3) is 32.4 Å². The molecule has 7 nitrogen and oxygen atoms in total. The predicted octanol–water partition coefficient (Wildman–Crippen LogP) is 4.77. The molecule has 5 rings (SSSR count). The maximum absolute atomic E-state index is 12.8. The lowest BCUT2D eigenvalue weighted by Crippen LogP contribution is -2.34. The highest BCUT2D eigenvalue weighted by atomic mass is 32.1. The van der Waals surface area contributed by atoms with Crippen LogP contribution in [-0.2, 0) is 0 Å². The summed E-state index contributed by atoms with van der Waals surface area (Å²) in [6.45, 7) is 12.9. The van der Waals surface area contributed by atoms with Crippen molar-refractivity contribution in [2.24, 2.45) is 5.73 Å². The fraction of sp³-hybridized carbons (Fsp3) is 0.310. The van der Waals surface area contributed by atoms with E-state index < -0.39 is 13.6 Å². The van der Waals surface area contributed by atoms with Crippen molar-refractivity contribution in [3.63, 3.8) is 0 Å². The molecule has 1 aliphatic heterocycles. The number of hydrogen-bond acceptors (Lipinski definition) is 7. The van der Waals surface area contributed by atoms with E-state index in [2.05, 4.69) is 63.5 Å². The number of nitrogens with zero attached hydrogens (tertiary/aromatic N) is 3. The van der Waals surface area contributed by atoms with Crippen molar-refractivity contribution in [3.05, 3.63) is 46.7 Å². The summed E-state index contributed by atoms with van der Waals surface area (Å²) in [5.41, 5.74) is 12.4. The van der Waals surface area contributed by atoms with Crippen LogP contribution in [0.15, 0.2) is 30.3 Å². The van der Waals surface area contributed by atoms with Gasteiger partial charge >= 0.3 is 0 Å². The summed E-state index contributed by atoms with van der Waals surface area (Å²) in [7, 11) is -1.61. The molecule has 4 aromatic rings. The highest BCUT2D eigenvalue weighted by Crippen LogP contribution is 2.41. The van der Waals surface area contributed by atoms with Gasteiger partial charge in [0, 0.05) is 34.1 Å². The van der Waals surface area contributed by atoms with Crippen LogP contribution in [0.1, 0.15) is 42.0 Å².